The smallest absolute Gasteiger partial charge is 0.0459 e. The molecule has 2 heteroatoms. The summed E-state index contributed by atoms with van der Waals surface area (Å²) in [5.74, 6) is 0.626. The lowest BCUT2D eigenvalue weighted by molar-refractivity contribution is 0.554. The number of hydrogen-bond acceptors (Lipinski definition) is 1. The molecule has 1 heterocycles. The summed E-state index contributed by atoms with van der Waals surface area (Å²) in [5, 5.41) is 0. The fourth-order valence-corrected chi connectivity index (χ4v) is 1.49. The summed E-state index contributed by atoms with van der Waals surface area (Å²) in [7, 11) is 0. The van der Waals surface area contributed by atoms with Gasteiger partial charge in [-0.25, -0.2) is 0 Å². The second kappa shape index (κ2) is 4.13. The van der Waals surface area contributed by atoms with Crippen molar-refractivity contribution in [3.8, 4) is 0 Å². The monoisotopic (exact) mass is 225 g/mol. The van der Waals surface area contributed by atoms with Gasteiger partial charge in [-0.1, -0.05) is 34.6 Å². The van der Waals surface area contributed by atoms with Gasteiger partial charge in [0.1, 0.15) is 0 Å². The van der Waals surface area contributed by atoms with Gasteiger partial charge in [-0.2, -0.15) is 0 Å². The van der Waals surface area contributed by atoms with Crippen molar-refractivity contribution in [1.82, 2.24) is 4.98 Å². The third kappa shape index (κ3) is 2.94. The fraction of sp³-hybridized carbons (Fsp3) is 0.615. The Balaban J connectivity index is 3.14. The van der Waals surface area contributed by atoms with E-state index in [4.69, 9.17) is 11.6 Å². The Bertz CT molecular complexity index is 337. The molecule has 0 aliphatic rings. The van der Waals surface area contributed by atoms with Crippen molar-refractivity contribution in [1.29, 1.82) is 0 Å². The van der Waals surface area contributed by atoms with E-state index >= 15 is 0 Å². The number of pyridine rings is 1. The number of alkyl halides is 1. The topological polar surface area (TPSA) is 12.9 Å². The molecule has 0 saturated heterocycles. The predicted molar refractivity (Wildman–Crippen MR) is 66.7 cm³/mol. The number of rotatable bonds is 2. The first-order valence-electron chi connectivity index (χ1n) is 5.30. The normalized spacial score (nSPS) is 12.9. The first-order valence-corrected chi connectivity index (χ1v) is 5.84. The molecule has 0 bridgehead atoms. The first-order chi connectivity index (χ1) is 6.77. The highest BCUT2D eigenvalue weighted by molar-refractivity contribution is 6.18. The molecular weight excluding hydrogens is 206 g/mol. The maximum Gasteiger partial charge on any atom is 0.0459 e. The molecular formula is C13H20ClN. The van der Waals surface area contributed by atoms with Crippen molar-refractivity contribution in [2.75, 3.05) is 5.88 Å². The molecule has 0 N–H and O–H groups in total. The van der Waals surface area contributed by atoms with Crippen LogP contribution in [0.5, 0.6) is 0 Å². The average molecular weight is 226 g/mol. The van der Waals surface area contributed by atoms with Crippen LogP contribution in [-0.2, 0) is 10.8 Å². The largest absolute Gasteiger partial charge is 0.261 e. The van der Waals surface area contributed by atoms with Gasteiger partial charge in [-0.15, -0.1) is 11.6 Å². The number of aromatic nitrogens is 1. The molecule has 1 rings (SSSR count). The van der Waals surface area contributed by atoms with Gasteiger partial charge < -0.3 is 0 Å². The van der Waals surface area contributed by atoms with Gasteiger partial charge in [-0.05, 0) is 17.7 Å². The van der Waals surface area contributed by atoms with Crippen LogP contribution in [0.1, 0.15) is 45.9 Å². The maximum atomic E-state index is 5.97. The first kappa shape index (κ1) is 12.5. The van der Waals surface area contributed by atoms with Crippen LogP contribution in [0.2, 0.25) is 0 Å². The zero-order chi connectivity index (χ0) is 11.7. The zero-order valence-corrected chi connectivity index (χ0v) is 11.0. The molecule has 0 fully saturated rings. The van der Waals surface area contributed by atoms with Crippen LogP contribution in [0.3, 0.4) is 0 Å². The van der Waals surface area contributed by atoms with Crippen molar-refractivity contribution >= 4 is 11.6 Å². The predicted octanol–water partition coefficient (Wildman–Crippen LogP) is 3.90. The van der Waals surface area contributed by atoms with Crippen molar-refractivity contribution in [2.24, 2.45) is 0 Å². The molecule has 1 aromatic heterocycles. The Hall–Kier alpha value is -0.560. The summed E-state index contributed by atoms with van der Waals surface area (Å²) < 4.78 is 0. The van der Waals surface area contributed by atoms with Crippen LogP contribution in [0.25, 0.3) is 0 Å². The Morgan fingerprint density at radius 3 is 2.27 bits per heavy atom. The van der Waals surface area contributed by atoms with E-state index in [0.29, 0.717) is 5.88 Å². The summed E-state index contributed by atoms with van der Waals surface area (Å²) in [5.41, 5.74) is 2.50. The highest BCUT2D eigenvalue weighted by Crippen LogP contribution is 2.28. The van der Waals surface area contributed by atoms with E-state index in [-0.39, 0.29) is 10.8 Å². The maximum absolute atomic E-state index is 5.97. The second-order valence-electron chi connectivity index (χ2n) is 5.70. The van der Waals surface area contributed by atoms with Crippen LogP contribution in [0.15, 0.2) is 18.3 Å². The Kier molecular flexibility index (Phi) is 3.44. The average Bonchev–Trinajstić information content (AvgIpc) is 2.17. The lowest BCUT2D eigenvalue weighted by Crippen LogP contribution is -2.21. The molecule has 0 spiro atoms. The summed E-state index contributed by atoms with van der Waals surface area (Å²) in [4.78, 5) is 4.42. The van der Waals surface area contributed by atoms with E-state index in [2.05, 4.69) is 51.7 Å². The molecule has 0 saturated carbocycles. The van der Waals surface area contributed by atoms with Gasteiger partial charge >= 0.3 is 0 Å². The highest BCUT2D eigenvalue weighted by Gasteiger charge is 2.22. The van der Waals surface area contributed by atoms with E-state index in [1.54, 1.807) is 0 Å². The minimum absolute atomic E-state index is 0.0183. The minimum Gasteiger partial charge on any atom is -0.261 e. The van der Waals surface area contributed by atoms with E-state index in [0.717, 1.165) is 5.69 Å². The van der Waals surface area contributed by atoms with Crippen molar-refractivity contribution in [3.63, 3.8) is 0 Å². The summed E-state index contributed by atoms with van der Waals surface area (Å²) in [6.07, 6.45) is 1.88. The molecule has 84 valence electrons. The van der Waals surface area contributed by atoms with Crippen LogP contribution in [-0.4, -0.2) is 10.9 Å². The third-order valence-corrected chi connectivity index (χ3v) is 3.31. The van der Waals surface area contributed by atoms with Gasteiger partial charge in [0.15, 0.2) is 0 Å². The lowest BCUT2D eigenvalue weighted by Gasteiger charge is -2.25. The molecule has 1 nitrogen and oxygen atoms in total. The molecule has 0 radical (unpaired) electrons. The molecule has 0 atom stereocenters. The van der Waals surface area contributed by atoms with E-state index in [1.165, 1.54) is 5.56 Å². The quantitative estimate of drug-likeness (QED) is 0.696. The second-order valence-corrected chi connectivity index (χ2v) is 5.96. The molecule has 0 aliphatic heterocycles. The minimum atomic E-state index is 0.0183. The fourth-order valence-electron chi connectivity index (χ4n) is 1.34. The summed E-state index contributed by atoms with van der Waals surface area (Å²) in [6.45, 7) is 10.8. The van der Waals surface area contributed by atoms with Crippen LogP contribution >= 0.6 is 11.6 Å². The lowest BCUT2D eigenvalue weighted by atomic mass is 9.83. The number of nitrogens with zero attached hydrogens (tertiary/aromatic N) is 1. The summed E-state index contributed by atoms with van der Waals surface area (Å²) in [6, 6.07) is 4.22. The van der Waals surface area contributed by atoms with Crippen LogP contribution < -0.4 is 0 Å². The Morgan fingerprint density at radius 1 is 1.20 bits per heavy atom. The van der Waals surface area contributed by atoms with Crippen LogP contribution in [0, 0.1) is 0 Å². The number of halogens is 1. The molecule has 0 unspecified atom stereocenters. The SMILES string of the molecule is CC(C)(C)c1cc(C(C)(C)CCl)ccn1. The van der Waals surface area contributed by atoms with Gasteiger partial charge in [0.05, 0.1) is 0 Å². The molecule has 0 aliphatic carbocycles. The van der Waals surface area contributed by atoms with Gasteiger partial charge in [0.25, 0.3) is 0 Å². The Morgan fingerprint density at radius 2 is 1.80 bits per heavy atom. The highest BCUT2D eigenvalue weighted by atomic mass is 35.5. The van der Waals surface area contributed by atoms with Crippen molar-refractivity contribution in [2.45, 2.75) is 45.4 Å². The van der Waals surface area contributed by atoms with E-state index < -0.39 is 0 Å². The molecule has 1 aromatic rings. The standard InChI is InChI=1S/C13H20ClN/c1-12(2,3)11-8-10(6-7-15-11)13(4,5)9-14/h6-8H,9H2,1-5H3. The van der Waals surface area contributed by atoms with Gasteiger partial charge in [0, 0.05) is 28.6 Å². The molecule has 15 heavy (non-hydrogen) atoms. The van der Waals surface area contributed by atoms with Gasteiger partial charge in [-0.3, -0.25) is 4.98 Å². The molecule has 0 aromatic carbocycles. The van der Waals surface area contributed by atoms with E-state index in [1.807, 2.05) is 6.20 Å². The van der Waals surface area contributed by atoms with Crippen LogP contribution in [0.4, 0.5) is 0 Å². The van der Waals surface area contributed by atoms with Gasteiger partial charge in [0.2, 0.25) is 0 Å². The molecule has 0 amide bonds. The summed E-state index contributed by atoms with van der Waals surface area (Å²) >= 11 is 5.97. The van der Waals surface area contributed by atoms with Crippen molar-refractivity contribution in [3.05, 3.63) is 29.6 Å². The van der Waals surface area contributed by atoms with E-state index in [9.17, 15) is 0 Å². The zero-order valence-electron chi connectivity index (χ0n) is 10.3. The third-order valence-electron chi connectivity index (χ3n) is 2.64. The van der Waals surface area contributed by atoms with Crippen molar-refractivity contribution < 1.29 is 0 Å². The Labute approximate surface area is 97.9 Å². The number of hydrogen-bond donors (Lipinski definition) is 0.